The van der Waals surface area contributed by atoms with Crippen molar-refractivity contribution in [3.8, 4) is 0 Å². The van der Waals surface area contributed by atoms with E-state index in [-0.39, 0.29) is 23.7 Å². The molecule has 5 heteroatoms. The largest absolute Gasteiger partial charge is 0.351 e. The van der Waals surface area contributed by atoms with E-state index in [9.17, 15) is 4.79 Å². The number of rotatable bonds is 4. The van der Waals surface area contributed by atoms with E-state index in [1.165, 1.54) is 16.7 Å². The van der Waals surface area contributed by atoms with E-state index in [1.54, 1.807) is 0 Å². The highest BCUT2D eigenvalue weighted by Crippen LogP contribution is 2.48. The SMILES string of the molecule is Cl.O=C(NCc1ccc2c(c1)CNC2)C1(c2ccc(Br)cc2)CC1. The molecule has 1 aliphatic heterocycles. The van der Waals surface area contributed by atoms with Gasteiger partial charge in [-0.2, -0.15) is 0 Å². The molecule has 126 valence electrons. The van der Waals surface area contributed by atoms with Crippen LogP contribution >= 0.6 is 28.3 Å². The normalized spacial score (nSPS) is 16.9. The van der Waals surface area contributed by atoms with Gasteiger partial charge in [0.2, 0.25) is 5.91 Å². The first-order valence-electron chi connectivity index (χ1n) is 8.03. The van der Waals surface area contributed by atoms with Gasteiger partial charge in [-0.05, 0) is 47.2 Å². The molecule has 2 aromatic carbocycles. The Labute approximate surface area is 156 Å². The molecule has 2 N–H and O–H groups in total. The highest BCUT2D eigenvalue weighted by atomic mass is 79.9. The fraction of sp³-hybridized carbons (Fsp3) is 0.316. The van der Waals surface area contributed by atoms with Crippen molar-refractivity contribution in [3.05, 3.63) is 69.2 Å². The Hall–Kier alpha value is -1.36. The van der Waals surface area contributed by atoms with E-state index in [0.29, 0.717) is 6.54 Å². The number of benzene rings is 2. The molecule has 3 nitrogen and oxygen atoms in total. The van der Waals surface area contributed by atoms with E-state index < -0.39 is 0 Å². The average Bonchev–Trinajstić information content (AvgIpc) is 3.24. The van der Waals surface area contributed by atoms with E-state index in [4.69, 9.17) is 0 Å². The molecule has 2 aliphatic rings. The maximum Gasteiger partial charge on any atom is 0.230 e. The number of hydrogen-bond donors (Lipinski definition) is 2. The summed E-state index contributed by atoms with van der Waals surface area (Å²) in [5.74, 6) is 0.151. The molecule has 4 rings (SSSR count). The van der Waals surface area contributed by atoms with E-state index in [1.807, 2.05) is 12.1 Å². The molecular weight excluding hydrogens is 388 g/mol. The van der Waals surface area contributed by atoms with Gasteiger partial charge in [0.05, 0.1) is 5.41 Å². The van der Waals surface area contributed by atoms with Gasteiger partial charge in [0, 0.05) is 24.1 Å². The summed E-state index contributed by atoms with van der Waals surface area (Å²) in [6.45, 7) is 2.49. The molecule has 0 unspecified atom stereocenters. The van der Waals surface area contributed by atoms with Gasteiger partial charge in [0.15, 0.2) is 0 Å². The van der Waals surface area contributed by atoms with Gasteiger partial charge >= 0.3 is 0 Å². The lowest BCUT2D eigenvalue weighted by atomic mass is 9.95. The molecule has 0 aromatic heterocycles. The molecule has 0 atom stereocenters. The molecular formula is C19H20BrClN2O. The third-order valence-electron chi connectivity index (χ3n) is 4.94. The van der Waals surface area contributed by atoms with Crippen LogP contribution in [0.2, 0.25) is 0 Å². The van der Waals surface area contributed by atoms with Crippen molar-refractivity contribution in [2.24, 2.45) is 0 Å². The number of carbonyl (C=O) groups is 1. The predicted molar refractivity (Wildman–Crippen MR) is 101 cm³/mol. The summed E-state index contributed by atoms with van der Waals surface area (Å²) in [5.41, 5.74) is 4.71. The van der Waals surface area contributed by atoms with Crippen LogP contribution in [0.15, 0.2) is 46.9 Å². The second-order valence-electron chi connectivity index (χ2n) is 6.48. The van der Waals surface area contributed by atoms with Crippen molar-refractivity contribution in [3.63, 3.8) is 0 Å². The lowest BCUT2D eigenvalue weighted by Crippen LogP contribution is -2.34. The Morgan fingerprint density at radius 1 is 1.08 bits per heavy atom. The van der Waals surface area contributed by atoms with Crippen molar-refractivity contribution >= 4 is 34.2 Å². The zero-order valence-electron chi connectivity index (χ0n) is 13.3. The molecule has 0 saturated heterocycles. The van der Waals surface area contributed by atoms with Gasteiger partial charge in [-0.1, -0.05) is 46.3 Å². The van der Waals surface area contributed by atoms with Crippen molar-refractivity contribution in [1.29, 1.82) is 0 Å². The number of fused-ring (bicyclic) bond motifs is 1. The van der Waals surface area contributed by atoms with Crippen molar-refractivity contribution < 1.29 is 4.79 Å². The molecule has 1 saturated carbocycles. The Bertz CT molecular complexity index is 756. The summed E-state index contributed by atoms with van der Waals surface area (Å²) in [5, 5.41) is 6.48. The fourth-order valence-electron chi connectivity index (χ4n) is 3.35. The first-order chi connectivity index (χ1) is 11.2. The van der Waals surface area contributed by atoms with Crippen LogP contribution in [0.4, 0.5) is 0 Å². The maximum absolute atomic E-state index is 12.7. The number of amides is 1. The Kier molecular flexibility index (Phi) is 5.00. The molecule has 1 fully saturated rings. The van der Waals surface area contributed by atoms with E-state index in [0.717, 1.165) is 36.0 Å². The lowest BCUT2D eigenvalue weighted by Gasteiger charge is -2.16. The van der Waals surface area contributed by atoms with Crippen LogP contribution in [0, 0.1) is 0 Å². The minimum absolute atomic E-state index is 0. The summed E-state index contributed by atoms with van der Waals surface area (Å²) < 4.78 is 1.05. The molecule has 2 aromatic rings. The van der Waals surface area contributed by atoms with Crippen LogP contribution in [0.25, 0.3) is 0 Å². The summed E-state index contributed by atoms with van der Waals surface area (Å²) in [6, 6.07) is 14.6. The summed E-state index contributed by atoms with van der Waals surface area (Å²) >= 11 is 3.45. The summed E-state index contributed by atoms with van der Waals surface area (Å²) in [7, 11) is 0. The first kappa shape index (κ1) is 17.5. The predicted octanol–water partition coefficient (Wildman–Crippen LogP) is 3.82. The van der Waals surface area contributed by atoms with Crippen LogP contribution in [0.3, 0.4) is 0 Å². The van der Waals surface area contributed by atoms with Gasteiger partial charge in [-0.25, -0.2) is 0 Å². The third-order valence-corrected chi connectivity index (χ3v) is 5.46. The molecule has 1 amide bonds. The maximum atomic E-state index is 12.7. The minimum atomic E-state index is -0.307. The standard InChI is InChI=1S/C19H19BrN2O.ClH/c20-17-5-3-16(4-6-17)19(7-8-19)18(23)22-10-13-1-2-14-11-21-12-15(14)9-13;/h1-6,9,21H,7-8,10-12H2,(H,22,23);1H. The number of nitrogens with one attached hydrogen (secondary N) is 2. The van der Waals surface area contributed by atoms with Gasteiger partial charge in [-0.15, -0.1) is 12.4 Å². The van der Waals surface area contributed by atoms with Crippen LogP contribution in [0.5, 0.6) is 0 Å². The molecule has 0 radical (unpaired) electrons. The van der Waals surface area contributed by atoms with Crippen LogP contribution in [-0.2, 0) is 29.8 Å². The second-order valence-corrected chi connectivity index (χ2v) is 7.39. The Balaban J connectivity index is 0.00000169. The highest BCUT2D eigenvalue weighted by molar-refractivity contribution is 9.10. The molecule has 0 spiro atoms. The van der Waals surface area contributed by atoms with E-state index in [2.05, 4.69) is 56.9 Å². The highest BCUT2D eigenvalue weighted by Gasteiger charge is 2.50. The van der Waals surface area contributed by atoms with E-state index >= 15 is 0 Å². The average molecular weight is 408 g/mol. The van der Waals surface area contributed by atoms with Crippen LogP contribution in [-0.4, -0.2) is 5.91 Å². The fourth-order valence-corrected chi connectivity index (χ4v) is 3.61. The smallest absolute Gasteiger partial charge is 0.230 e. The minimum Gasteiger partial charge on any atom is -0.351 e. The van der Waals surface area contributed by atoms with Crippen molar-refractivity contribution in [1.82, 2.24) is 10.6 Å². The molecule has 1 aliphatic carbocycles. The number of carbonyl (C=O) groups excluding carboxylic acids is 1. The van der Waals surface area contributed by atoms with Gasteiger partial charge in [-0.3, -0.25) is 4.79 Å². The topological polar surface area (TPSA) is 41.1 Å². The summed E-state index contributed by atoms with van der Waals surface area (Å²) in [6.07, 6.45) is 1.88. The third kappa shape index (κ3) is 3.23. The first-order valence-corrected chi connectivity index (χ1v) is 8.82. The number of halogens is 2. The molecule has 0 bridgehead atoms. The quantitative estimate of drug-likeness (QED) is 0.809. The second kappa shape index (κ2) is 6.87. The Morgan fingerprint density at radius 2 is 1.79 bits per heavy atom. The Morgan fingerprint density at radius 3 is 2.50 bits per heavy atom. The van der Waals surface area contributed by atoms with Crippen molar-refractivity contribution in [2.75, 3.05) is 0 Å². The zero-order valence-corrected chi connectivity index (χ0v) is 15.7. The van der Waals surface area contributed by atoms with Crippen LogP contribution in [0.1, 0.15) is 35.1 Å². The zero-order chi connectivity index (χ0) is 15.9. The molecule has 1 heterocycles. The molecule has 24 heavy (non-hydrogen) atoms. The monoisotopic (exact) mass is 406 g/mol. The van der Waals surface area contributed by atoms with Gasteiger partial charge < -0.3 is 10.6 Å². The van der Waals surface area contributed by atoms with Gasteiger partial charge in [0.25, 0.3) is 0 Å². The summed E-state index contributed by atoms with van der Waals surface area (Å²) in [4.78, 5) is 12.7. The van der Waals surface area contributed by atoms with Crippen LogP contribution < -0.4 is 10.6 Å². The van der Waals surface area contributed by atoms with Crippen molar-refractivity contribution in [2.45, 2.75) is 37.9 Å². The number of hydrogen-bond acceptors (Lipinski definition) is 2. The lowest BCUT2D eigenvalue weighted by molar-refractivity contribution is -0.123. The van der Waals surface area contributed by atoms with Gasteiger partial charge in [0.1, 0.15) is 0 Å².